The van der Waals surface area contributed by atoms with Crippen molar-refractivity contribution < 1.29 is 17.9 Å². The Morgan fingerprint density at radius 1 is 1.11 bits per heavy atom. The summed E-state index contributed by atoms with van der Waals surface area (Å²) in [4.78, 5) is 12.4. The molecule has 2 rings (SSSR count). The average Bonchev–Trinajstić information content (AvgIpc) is 2.68. The number of nitrogens with one attached hydrogen (secondary N) is 1. The number of carbonyl (C=O) groups is 1. The van der Waals surface area contributed by atoms with Gasteiger partial charge in [-0.1, -0.05) is 38.1 Å². The Hall–Kier alpha value is -2.48. The fourth-order valence-corrected chi connectivity index (χ4v) is 4.18. The second-order valence-electron chi connectivity index (χ2n) is 6.11. The van der Waals surface area contributed by atoms with E-state index < -0.39 is 10.0 Å². The van der Waals surface area contributed by atoms with Gasteiger partial charge in [0.25, 0.3) is 0 Å². The smallest absolute Gasteiger partial charge is 0.248 e. The number of anilines is 1. The summed E-state index contributed by atoms with van der Waals surface area (Å²) in [6.07, 6.45) is 3.05. The summed E-state index contributed by atoms with van der Waals surface area (Å²) >= 11 is 0. The van der Waals surface area contributed by atoms with Crippen molar-refractivity contribution in [1.29, 1.82) is 0 Å². The number of methoxy groups -OCH3 is 1. The van der Waals surface area contributed by atoms with Gasteiger partial charge in [-0.05, 0) is 41.5 Å². The Morgan fingerprint density at radius 3 is 2.39 bits per heavy atom. The molecule has 0 bridgehead atoms. The number of ether oxygens (including phenoxy) is 1. The fourth-order valence-electron chi connectivity index (χ4n) is 2.72. The Morgan fingerprint density at radius 2 is 1.79 bits per heavy atom. The first-order chi connectivity index (χ1) is 13.4. The van der Waals surface area contributed by atoms with Crippen molar-refractivity contribution in [3.63, 3.8) is 0 Å². The standard InChI is InChI=1S/C21H26N2O4S/c1-4-23(5-2)28(25,26)20-12-9-17(10-13-20)11-14-21(24)22-19-8-6-7-18(15-19)16-27-3/h6-15H,4-5,16H2,1-3H3,(H,22,24)/b14-11+. The van der Waals surface area contributed by atoms with E-state index in [4.69, 9.17) is 4.74 Å². The summed E-state index contributed by atoms with van der Waals surface area (Å²) < 4.78 is 31.5. The number of hydrogen-bond donors (Lipinski definition) is 1. The van der Waals surface area contributed by atoms with Gasteiger partial charge in [0.1, 0.15) is 0 Å². The van der Waals surface area contributed by atoms with Gasteiger partial charge >= 0.3 is 0 Å². The van der Waals surface area contributed by atoms with Gasteiger partial charge in [-0.15, -0.1) is 0 Å². The third kappa shape index (κ3) is 5.76. The van der Waals surface area contributed by atoms with Gasteiger partial charge in [0.15, 0.2) is 0 Å². The van der Waals surface area contributed by atoms with E-state index in [2.05, 4.69) is 5.32 Å². The Labute approximate surface area is 166 Å². The zero-order valence-corrected chi connectivity index (χ0v) is 17.2. The summed E-state index contributed by atoms with van der Waals surface area (Å²) in [6.45, 7) is 4.93. The van der Waals surface area contributed by atoms with Crippen LogP contribution in [0.15, 0.2) is 59.5 Å². The van der Waals surface area contributed by atoms with Crippen LogP contribution < -0.4 is 5.32 Å². The fraction of sp³-hybridized carbons (Fsp3) is 0.286. The van der Waals surface area contributed by atoms with E-state index in [9.17, 15) is 13.2 Å². The van der Waals surface area contributed by atoms with Crippen LogP contribution in [-0.4, -0.2) is 38.8 Å². The van der Waals surface area contributed by atoms with E-state index in [1.165, 1.54) is 10.4 Å². The van der Waals surface area contributed by atoms with Gasteiger partial charge in [0, 0.05) is 32.0 Å². The molecule has 0 saturated carbocycles. The minimum atomic E-state index is -3.48. The maximum Gasteiger partial charge on any atom is 0.248 e. The minimum Gasteiger partial charge on any atom is -0.380 e. The Kier molecular flexibility index (Phi) is 7.92. The van der Waals surface area contributed by atoms with Crippen LogP contribution >= 0.6 is 0 Å². The van der Waals surface area contributed by atoms with Crippen molar-refractivity contribution in [2.24, 2.45) is 0 Å². The number of benzene rings is 2. The van der Waals surface area contributed by atoms with Gasteiger partial charge in [-0.2, -0.15) is 4.31 Å². The monoisotopic (exact) mass is 402 g/mol. The molecule has 2 aromatic carbocycles. The third-order valence-corrected chi connectivity index (χ3v) is 6.22. The molecule has 0 aliphatic carbocycles. The Bertz CT molecular complexity index is 918. The maximum atomic E-state index is 12.5. The van der Waals surface area contributed by atoms with Crippen molar-refractivity contribution >= 4 is 27.7 Å². The highest BCUT2D eigenvalue weighted by Gasteiger charge is 2.20. The Balaban J connectivity index is 2.04. The van der Waals surface area contributed by atoms with Crippen molar-refractivity contribution in [3.05, 3.63) is 65.7 Å². The quantitative estimate of drug-likeness (QED) is 0.651. The second kappa shape index (κ2) is 10.2. The minimum absolute atomic E-state index is 0.243. The molecular formula is C21H26N2O4S. The van der Waals surface area contributed by atoms with Gasteiger partial charge in [-0.25, -0.2) is 8.42 Å². The van der Waals surface area contributed by atoms with Crippen LogP contribution in [0.4, 0.5) is 5.69 Å². The molecular weight excluding hydrogens is 376 g/mol. The predicted molar refractivity (Wildman–Crippen MR) is 111 cm³/mol. The lowest BCUT2D eigenvalue weighted by Crippen LogP contribution is -2.30. The molecule has 0 unspecified atom stereocenters. The number of amides is 1. The first-order valence-corrected chi connectivity index (χ1v) is 10.5. The van der Waals surface area contributed by atoms with E-state index >= 15 is 0 Å². The molecule has 0 aliphatic heterocycles. The van der Waals surface area contributed by atoms with Crippen LogP contribution in [0.1, 0.15) is 25.0 Å². The highest BCUT2D eigenvalue weighted by atomic mass is 32.2. The van der Waals surface area contributed by atoms with E-state index in [1.54, 1.807) is 43.5 Å². The summed E-state index contributed by atoms with van der Waals surface area (Å²) in [5.41, 5.74) is 2.39. The number of sulfonamides is 1. The topological polar surface area (TPSA) is 75.7 Å². The van der Waals surface area contributed by atoms with E-state index in [-0.39, 0.29) is 10.8 Å². The summed E-state index contributed by atoms with van der Waals surface area (Å²) in [5.74, 6) is -0.269. The zero-order chi connectivity index (χ0) is 20.6. The number of carbonyl (C=O) groups excluding carboxylic acids is 1. The molecule has 6 nitrogen and oxygen atoms in total. The average molecular weight is 403 g/mol. The number of nitrogens with zero attached hydrogens (tertiary/aromatic N) is 1. The molecule has 7 heteroatoms. The molecule has 0 saturated heterocycles. The highest BCUT2D eigenvalue weighted by molar-refractivity contribution is 7.89. The third-order valence-electron chi connectivity index (χ3n) is 4.16. The zero-order valence-electron chi connectivity index (χ0n) is 16.4. The highest BCUT2D eigenvalue weighted by Crippen LogP contribution is 2.17. The molecule has 0 radical (unpaired) electrons. The van der Waals surface area contributed by atoms with E-state index in [1.807, 2.05) is 32.0 Å². The van der Waals surface area contributed by atoms with Crippen LogP contribution in [0.2, 0.25) is 0 Å². The molecule has 2 aromatic rings. The molecule has 1 amide bonds. The summed E-state index contributed by atoms with van der Waals surface area (Å²) in [6, 6.07) is 13.9. The van der Waals surface area contributed by atoms with E-state index in [0.29, 0.717) is 25.4 Å². The number of hydrogen-bond acceptors (Lipinski definition) is 4. The number of rotatable bonds is 9. The molecule has 0 heterocycles. The molecule has 0 fully saturated rings. The van der Waals surface area contributed by atoms with Crippen LogP contribution in [0, 0.1) is 0 Å². The first kappa shape index (κ1) is 21.8. The lowest BCUT2D eigenvalue weighted by Gasteiger charge is -2.18. The molecule has 0 atom stereocenters. The van der Waals surface area contributed by atoms with Gasteiger partial charge < -0.3 is 10.1 Å². The molecule has 150 valence electrons. The molecule has 0 aliphatic rings. The van der Waals surface area contributed by atoms with Crippen LogP contribution in [0.5, 0.6) is 0 Å². The largest absolute Gasteiger partial charge is 0.380 e. The molecule has 0 spiro atoms. The maximum absolute atomic E-state index is 12.5. The lowest BCUT2D eigenvalue weighted by atomic mass is 10.2. The molecule has 1 N–H and O–H groups in total. The van der Waals surface area contributed by atoms with Gasteiger partial charge in [-0.3, -0.25) is 4.79 Å². The van der Waals surface area contributed by atoms with Crippen molar-refractivity contribution in [2.45, 2.75) is 25.3 Å². The SMILES string of the molecule is CCN(CC)S(=O)(=O)c1ccc(/C=C/C(=O)Nc2cccc(COC)c2)cc1. The van der Waals surface area contributed by atoms with Crippen molar-refractivity contribution in [3.8, 4) is 0 Å². The lowest BCUT2D eigenvalue weighted by molar-refractivity contribution is -0.111. The predicted octanol–water partition coefficient (Wildman–Crippen LogP) is 3.52. The second-order valence-corrected chi connectivity index (χ2v) is 8.05. The normalized spacial score (nSPS) is 11.9. The van der Waals surface area contributed by atoms with Gasteiger partial charge in [0.05, 0.1) is 11.5 Å². The van der Waals surface area contributed by atoms with Crippen LogP contribution in [0.3, 0.4) is 0 Å². The van der Waals surface area contributed by atoms with Crippen LogP contribution in [0.25, 0.3) is 6.08 Å². The summed E-state index contributed by atoms with van der Waals surface area (Å²) in [5, 5.41) is 2.79. The van der Waals surface area contributed by atoms with Gasteiger partial charge in [0.2, 0.25) is 15.9 Å². The molecule has 28 heavy (non-hydrogen) atoms. The van der Waals surface area contributed by atoms with Crippen molar-refractivity contribution in [1.82, 2.24) is 4.31 Å². The first-order valence-electron chi connectivity index (χ1n) is 9.07. The molecule has 0 aromatic heterocycles. The van der Waals surface area contributed by atoms with Crippen LogP contribution in [-0.2, 0) is 26.2 Å². The van der Waals surface area contributed by atoms with Crippen molar-refractivity contribution in [2.75, 3.05) is 25.5 Å². The van der Waals surface area contributed by atoms with E-state index in [0.717, 1.165) is 11.1 Å². The summed E-state index contributed by atoms with van der Waals surface area (Å²) in [7, 11) is -1.86.